The zero-order valence-electron chi connectivity index (χ0n) is 20.4. The third kappa shape index (κ3) is 4.39. The molecule has 1 aliphatic rings. The molecule has 3 aromatic carbocycles. The van der Waals surface area contributed by atoms with Crippen molar-refractivity contribution in [1.82, 2.24) is 9.88 Å². The number of anilines is 2. The Bertz CT molecular complexity index is 1400. The van der Waals surface area contributed by atoms with Gasteiger partial charge in [-0.1, -0.05) is 48.0 Å². The summed E-state index contributed by atoms with van der Waals surface area (Å²) >= 11 is 0. The number of aryl methyl sites for hydroxylation is 2. The highest BCUT2D eigenvalue weighted by Crippen LogP contribution is 2.30. The van der Waals surface area contributed by atoms with Crippen molar-refractivity contribution in [2.75, 3.05) is 36.4 Å². The molecule has 4 aromatic rings. The second-order valence-corrected chi connectivity index (χ2v) is 9.24. The summed E-state index contributed by atoms with van der Waals surface area (Å²) in [7, 11) is 0. The minimum Gasteiger partial charge on any atom is -0.368 e. The van der Waals surface area contributed by atoms with Crippen LogP contribution in [0.15, 0.2) is 66.7 Å². The molecule has 178 valence electrons. The van der Waals surface area contributed by atoms with Crippen molar-refractivity contribution < 1.29 is 9.59 Å². The minimum absolute atomic E-state index is 0.0963. The van der Waals surface area contributed by atoms with Crippen molar-refractivity contribution in [3.63, 3.8) is 0 Å². The number of benzene rings is 3. The number of H-pyrrole nitrogens is 1. The number of aromatic amines is 1. The average molecular weight is 467 g/mol. The first kappa shape index (κ1) is 22.7. The molecular weight excluding hydrogens is 436 g/mol. The zero-order valence-corrected chi connectivity index (χ0v) is 20.4. The van der Waals surface area contributed by atoms with E-state index in [1.165, 1.54) is 16.8 Å². The van der Waals surface area contributed by atoms with Crippen LogP contribution in [-0.2, 0) is 0 Å². The summed E-state index contributed by atoms with van der Waals surface area (Å²) in [5, 5.41) is 3.83. The van der Waals surface area contributed by atoms with E-state index in [-0.39, 0.29) is 11.8 Å². The van der Waals surface area contributed by atoms with Crippen LogP contribution in [0.1, 0.15) is 37.5 Å². The van der Waals surface area contributed by atoms with Crippen LogP contribution in [0, 0.1) is 20.8 Å². The molecule has 0 radical (unpaired) electrons. The SMILES string of the molecule is Cc1ccc(C(=O)Nc2c(C(=O)N3CCN(c4cccc(C)c4C)CC3)[nH]c3ccccc23)cc1. The molecule has 1 fully saturated rings. The lowest BCUT2D eigenvalue weighted by atomic mass is 10.1. The highest BCUT2D eigenvalue weighted by atomic mass is 16.2. The molecule has 2 amide bonds. The van der Waals surface area contributed by atoms with Gasteiger partial charge in [-0.3, -0.25) is 9.59 Å². The quantitative estimate of drug-likeness (QED) is 0.428. The molecule has 5 rings (SSSR count). The first-order chi connectivity index (χ1) is 16.9. The maximum absolute atomic E-state index is 13.6. The lowest BCUT2D eigenvalue weighted by molar-refractivity contribution is 0.0743. The van der Waals surface area contributed by atoms with E-state index in [0.717, 1.165) is 29.6 Å². The summed E-state index contributed by atoms with van der Waals surface area (Å²) < 4.78 is 0. The molecule has 2 N–H and O–H groups in total. The number of para-hydroxylation sites is 1. The Morgan fingerprint density at radius 2 is 1.54 bits per heavy atom. The molecule has 1 saturated heterocycles. The zero-order chi connectivity index (χ0) is 24.5. The van der Waals surface area contributed by atoms with Crippen LogP contribution in [0.25, 0.3) is 10.9 Å². The Balaban J connectivity index is 1.39. The van der Waals surface area contributed by atoms with Crippen molar-refractivity contribution in [2.24, 2.45) is 0 Å². The van der Waals surface area contributed by atoms with Crippen LogP contribution in [0.3, 0.4) is 0 Å². The van der Waals surface area contributed by atoms with Gasteiger partial charge in [0.25, 0.3) is 11.8 Å². The Labute approximate surface area is 205 Å². The van der Waals surface area contributed by atoms with Crippen molar-refractivity contribution in [1.29, 1.82) is 0 Å². The van der Waals surface area contributed by atoms with E-state index in [4.69, 9.17) is 0 Å². The number of hydrogen-bond donors (Lipinski definition) is 2. The van der Waals surface area contributed by atoms with Crippen LogP contribution >= 0.6 is 0 Å². The largest absolute Gasteiger partial charge is 0.368 e. The van der Waals surface area contributed by atoms with Gasteiger partial charge in [0.15, 0.2) is 0 Å². The van der Waals surface area contributed by atoms with Crippen LogP contribution in [0.2, 0.25) is 0 Å². The molecule has 6 heteroatoms. The lowest BCUT2D eigenvalue weighted by Crippen LogP contribution is -2.49. The number of hydrogen-bond acceptors (Lipinski definition) is 3. The molecule has 1 aromatic heterocycles. The van der Waals surface area contributed by atoms with Gasteiger partial charge in [-0.15, -0.1) is 0 Å². The van der Waals surface area contributed by atoms with Crippen molar-refractivity contribution in [2.45, 2.75) is 20.8 Å². The molecular formula is C29H30N4O2. The first-order valence-corrected chi connectivity index (χ1v) is 12.0. The van der Waals surface area contributed by atoms with Crippen LogP contribution in [0.5, 0.6) is 0 Å². The number of aromatic nitrogens is 1. The standard InChI is InChI=1S/C29H30N4O2/c1-19-11-13-22(14-12-19)28(34)31-26-23-8-4-5-9-24(23)30-27(26)29(35)33-17-15-32(16-18-33)25-10-6-7-20(2)21(25)3/h4-14,30H,15-18H2,1-3H3,(H,31,34). The van der Waals surface area contributed by atoms with E-state index in [2.05, 4.69) is 47.2 Å². The molecule has 1 aliphatic heterocycles. The van der Waals surface area contributed by atoms with E-state index in [0.29, 0.717) is 30.0 Å². The van der Waals surface area contributed by atoms with Crippen LogP contribution in [-0.4, -0.2) is 47.9 Å². The second kappa shape index (κ2) is 9.29. The summed E-state index contributed by atoms with van der Waals surface area (Å²) in [5.74, 6) is -0.329. The first-order valence-electron chi connectivity index (χ1n) is 12.0. The lowest BCUT2D eigenvalue weighted by Gasteiger charge is -2.37. The normalized spacial score (nSPS) is 13.8. The number of fused-ring (bicyclic) bond motifs is 1. The van der Waals surface area contributed by atoms with E-state index < -0.39 is 0 Å². The number of piperazine rings is 1. The number of carbonyl (C=O) groups is 2. The molecule has 0 unspecified atom stereocenters. The van der Waals surface area contributed by atoms with Gasteiger partial charge in [0.2, 0.25) is 0 Å². The van der Waals surface area contributed by atoms with E-state index >= 15 is 0 Å². The smallest absolute Gasteiger partial charge is 0.272 e. The van der Waals surface area contributed by atoms with E-state index in [1.54, 1.807) is 12.1 Å². The summed E-state index contributed by atoms with van der Waals surface area (Å²) in [6, 6.07) is 21.5. The molecule has 0 aliphatic carbocycles. The van der Waals surface area contributed by atoms with Crippen LogP contribution in [0.4, 0.5) is 11.4 Å². The molecule has 0 spiro atoms. The Morgan fingerprint density at radius 3 is 2.29 bits per heavy atom. The summed E-state index contributed by atoms with van der Waals surface area (Å²) in [6.45, 7) is 9.03. The molecule has 2 heterocycles. The van der Waals surface area contributed by atoms with Crippen molar-refractivity contribution in [3.05, 3.63) is 94.7 Å². The van der Waals surface area contributed by atoms with Gasteiger partial charge < -0.3 is 20.1 Å². The number of nitrogens with zero attached hydrogens (tertiary/aromatic N) is 2. The number of rotatable bonds is 4. The van der Waals surface area contributed by atoms with Gasteiger partial charge in [0.1, 0.15) is 5.69 Å². The fourth-order valence-corrected chi connectivity index (χ4v) is 4.71. The highest BCUT2D eigenvalue weighted by molar-refractivity contribution is 6.15. The maximum Gasteiger partial charge on any atom is 0.272 e. The number of nitrogens with one attached hydrogen (secondary N) is 2. The highest BCUT2D eigenvalue weighted by Gasteiger charge is 2.27. The van der Waals surface area contributed by atoms with Gasteiger partial charge in [0.05, 0.1) is 5.69 Å². The van der Waals surface area contributed by atoms with Gasteiger partial charge in [-0.25, -0.2) is 0 Å². The average Bonchev–Trinajstić information content (AvgIpc) is 3.24. The monoisotopic (exact) mass is 466 g/mol. The number of amides is 2. The molecule has 0 atom stereocenters. The van der Waals surface area contributed by atoms with Gasteiger partial charge in [-0.05, 0) is 56.2 Å². The fourth-order valence-electron chi connectivity index (χ4n) is 4.71. The molecule has 0 bridgehead atoms. The van der Waals surface area contributed by atoms with Gasteiger partial charge >= 0.3 is 0 Å². The molecule has 0 saturated carbocycles. The van der Waals surface area contributed by atoms with Crippen molar-refractivity contribution >= 4 is 34.1 Å². The minimum atomic E-state index is -0.233. The van der Waals surface area contributed by atoms with Crippen LogP contribution < -0.4 is 10.2 Å². The summed E-state index contributed by atoms with van der Waals surface area (Å²) in [4.78, 5) is 34.1. The number of carbonyl (C=O) groups excluding carboxylic acids is 2. The van der Waals surface area contributed by atoms with Gasteiger partial charge in [0, 0.05) is 48.3 Å². The predicted octanol–water partition coefficient (Wildman–Crippen LogP) is 5.31. The Hall–Kier alpha value is -4.06. The summed E-state index contributed by atoms with van der Waals surface area (Å²) in [6.07, 6.45) is 0. The molecule has 6 nitrogen and oxygen atoms in total. The molecule has 35 heavy (non-hydrogen) atoms. The van der Waals surface area contributed by atoms with E-state index in [9.17, 15) is 9.59 Å². The predicted molar refractivity (Wildman–Crippen MR) is 141 cm³/mol. The van der Waals surface area contributed by atoms with Crippen molar-refractivity contribution in [3.8, 4) is 0 Å². The van der Waals surface area contributed by atoms with E-state index in [1.807, 2.05) is 48.2 Å². The maximum atomic E-state index is 13.6. The summed E-state index contributed by atoms with van der Waals surface area (Å²) in [5.41, 5.74) is 7.21. The Morgan fingerprint density at radius 1 is 0.829 bits per heavy atom. The third-order valence-electron chi connectivity index (χ3n) is 6.96. The topological polar surface area (TPSA) is 68.4 Å². The third-order valence-corrected chi connectivity index (χ3v) is 6.96. The van der Waals surface area contributed by atoms with Gasteiger partial charge in [-0.2, -0.15) is 0 Å². The fraction of sp³-hybridized carbons (Fsp3) is 0.241. The second-order valence-electron chi connectivity index (χ2n) is 9.24. The Kier molecular flexibility index (Phi) is 6.03.